The van der Waals surface area contributed by atoms with Crippen LogP contribution in [0.2, 0.25) is 0 Å². The molecule has 0 amide bonds. The Bertz CT molecular complexity index is 117. The molecule has 0 nitrogen and oxygen atoms in total. The number of unbranched alkanes of at least 4 members (excludes halogenated alkanes) is 6. The molecule has 0 fully saturated rings. The van der Waals surface area contributed by atoms with Gasteiger partial charge in [-0.05, 0) is 19.3 Å². The summed E-state index contributed by atoms with van der Waals surface area (Å²) in [5.41, 5.74) is 0. The SMILES string of the molecule is CCCCCCCCC(I)CCCCBr. The van der Waals surface area contributed by atoms with Gasteiger partial charge in [-0.3, -0.25) is 0 Å². The Morgan fingerprint density at radius 2 is 1.40 bits per heavy atom. The molecular formula is C13H26BrI. The first-order chi connectivity index (χ1) is 7.31. The molecule has 0 aromatic heterocycles. The molecule has 0 radical (unpaired) electrons. The molecule has 0 aliphatic rings. The van der Waals surface area contributed by atoms with Crippen LogP contribution in [0, 0.1) is 0 Å². The van der Waals surface area contributed by atoms with Crippen molar-refractivity contribution in [2.75, 3.05) is 5.33 Å². The van der Waals surface area contributed by atoms with Gasteiger partial charge in [0.25, 0.3) is 0 Å². The first kappa shape index (κ1) is 16.2. The molecular weight excluding hydrogens is 363 g/mol. The van der Waals surface area contributed by atoms with E-state index in [1.165, 1.54) is 69.5 Å². The van der Waals surface area contributed by atoms with Crippen LogP contribution < -0.4 is 0 Å². The van der Waals surface area contributed by atoms with Gasteiger partial charge in [-0.25, -0.2) is 0 Å². The number of hydrogen-bond acceptors (Lipinski definition) is 0. The lowest BCUT2D eigenvalue weighted by atomic mass is 10.1. The molecule has 1 unspecified atom stereocenters. The summed E-state index contributed by atoms with van der Waals surface area (Å²) in [6, 6.07) is 0. The van der Waals surface area contributed by atoms with Crippen LogP contribution >= 0.6 is 38.5 Å². The fourth-order valence-corrected chi connectivity index (χ4v) is 3.03. The van der Waals surface area contributed by atoms with Crippen LogP contribution in [0.4, 0.5) is 0 Å². The number of alkyl halides is 2. The van der Waals surface area contributed by atoms with Gasteiger partial charge in [-0.15, -0.1) is 0 Å². The summed E-state index contributed by atoms with van der Waals surface area (Å²) in [5, 5.41) is 1.17. The van der Waals surface area contributed by atoms with E-state index >= 15 is 0 Å². The molecule has 0 saturated carbocycles. The maximum atomic E-state index is 3.48. The quantitative estimate of drug-likeness (QED) is 0.227. The van der Waals surface area contributed by atoms with E-state index < -0.39 is 0 Å². The minimum atomic E-state index is 0.924. The minimum Gasteiger partial charge on any atom is -0.0928 e. The van der Waals surface area contributed by atoms with Crippen molar-refractivity contribution in [1.29, 1.82) is 0 Å². The van der Waals surface area contributed by atoms with E-state index in [1.807, 2.05) is 0 Å². The highest BCUT2D eigenvalue weighted by atomic mass is 127. The molecule has 92 valence electrons. The zero-order valence-electron chi connectivity index (χ0n) is 10.1. The molecule has 0 heterocycles. The van der Waals surface area contributed by atoms with Gasteiger partial charge in [0.05, 0.1) is 0 Å². The third kappa shape index (κ3) is 13.1. The third-order valence-corrected chi connectivity index (χ3v) is 4.58. The first-order valence-corrected chi connectivity index (χ1v) is 8.88. The van der Waals surface area contributed by atoms with Crippen molar-refractivity contribution < 1.29 is 0 Å². The summed E-state index contributed by atoms with van der Waals surface area (Å²) in [4.78, 5) is 0. The molecule has 0 spiro atoms. The smallest absolute Gasteiger partial charge is 0.0110 e. The second kappa shape index (κ2) is 13.3. The fraction of sp³-hybridized carbons (Fsp3) is 1.00. The lowest BCUT2D eigenvalue weighted by molar-refractivity contribution is 0.570. The molecule has 0 aromatic carbocycles. The van der Waals surface area contributed by atoms with Gasteiger partial charge in [0, 0.05) is 9.25 Å². The van der Waals surface area contributed by atoms with Gasteiger partial charge in [0.1, 0.15) is 0 Å². The zero-order chi connectivity index (χ0) is 11.4. The normalized spacial score (nSPS) is 13.0. The third-order valence-electron chi connectivity index (χ3n) is 2.77. The monoisotopic (exact) mass is 388 g/mol. The molecule has 0 aliphatic carbocycles. The topological polar surface area (TPSA) is 0 Å². The predicted molar refractivity (Wildman–Crippen MR) is 83.4 cm³/mol. The Balaban J connectivity index is 3.06. The van der Waals surface area contributed by atoms with Crippen molar-refractivity contribution in [3.63, 3.8) is 0 Å². The summed E-state index contributed by atoms with van der Waals surface area (Å²) < 4.78 is 0.924. The second-order valence-corrected chi connectivity index (χ2v) is 6.89. The van der Waals surface area contributed by atoms with Crippen molar-refractivity contribution in [3.8, 4) is 0 Å². The Labute approximate surface area is 118 Å². The zero-order valence-corrected chi connectivity index (χ0v) is 13.9. The average molecular weight is 389 g/mol. The molecule has 0 aromatic rings. The van der Waals surface area contributed by atoms with Crippen molar-refractivity contribution in [1.82, 2.24) is 0 Å². The average Bonchev–Trinajstić information content (AvgIpc) is 2.23. The van der Waals surface area contributed by atoms with E-state index in [2.05, 4.69) is 45.4 Å². The minimum absolute atomic E-state index is 0.924. The summed E-state index contributed by atoms with van der Waals surface area (Å²) in [5.74, 6) is 0. The maximum Gasteiger partial charge on any atom is 0.0110 e. The Morgan fingerprint density at radius 3 is 2.00 bits per heavy atom. The van der Waals surface area contributed by atoms with E-state index in [4.69, 9.17) is 0 Å². The lowest BCUT2D eigenvalue weighted by Gasteiger charge is -2.08. The highest BCUT2D eigenvalue weighted by Crippen LogP contribution is 2.18. The molecule has 1 atom stereocenters. The van der Waals surface area contributed by atoms with Gasteiger partial charge in [-0.2, -0.15) is 0 Å². The van der Waals surface area contributed by atoms with Crippen LogP contribution in [0.3, 0.4) is 0 Å². The van der Waals surface area contributed by atoms with E-state index in [0.717, 1.165) is 3.92 Å². The van der Waals surface area contributed by atoms with Crippen molar-refractivity contribution in [3.05, 3.63) is 0 Å². The molecule has 0 aliphatic heterocycles. The maximum absolute atomic E-state index is 3.48. The van der Waals surface area contributed by atoms with Crippen LogP contribution in [0.25, 0.3) is 0 Å². The largest absolute Gasteiger partial charge is 0.0928 e. The fourth-order valence-electron chi connectivity index (χ4n) is 1.75. The van der Waals surface area contributed by atoms with Crippen molar-refractivity contribution in [2.45, 2.75) is 75.1 Å². The molecule has 0 saturated heterocycles. The summed E-state index contributed by atoms with van der Waals surface area (Å²) >= 11 is 6.12. The first-order valence-electron chi connectivity index (χ1n) is 6.51. The Morgan fingerprint density at radius 1 is 0.867 bits per heavy atom. The van der Waals surface area contributed by atoms with Crippen molar-refractivity contribution >= 4 is 38.5 Å². The summed E-state index contributed by atoms with van der Waals surface area (Å²) in [6.07, 6.45) is 14.2. The van der Waals surface area contributed by atoms with E-state index in [-0.39, 0.29) is 0 Å². The highest BCUT2D eigenvalue weighted by Gasteiger charge is 2.02. The van der Waals surface area contributed by atoms with E-state index in [9.17, 15) is 0 Å². The highest BCUT2D eigenvalue weighted by molar-refractivity contribution is 14.1. The van der Waals surface area contributed by atoms with Gasteiger partial charge < -0.3 is 0 Å². The molecule has 0 N–H and O–H groups in total. The van der Waals surface area contributed by atoms with Crippen LogP contribution in [0.5, 0.6) is 0 Å². The van der Waals surface area contributed by atoms with E-state index in [1.54, 1.807) is 0 Å². The van der Waals surface area contributed by atoms with Gasteiger partial charge in [-0.1, -0.05) is 90.4 Å². The van der Waals surface area contributed by atoms with Gasteiger partial charge in [0.2, 0.25) is 0 Å². The molecule has 2 heteroatoms. The Hall–Kier alpha value is 1.21. The standard InChI is InChI=1S/C13H26BrI/c1-2-3-4-5-6-7-10-13(15)11-8-9-12-14/h13H,2-12H2,1H3. The van der Waals surface area contributed by atoms with Crippen molar-refractivity contribution in [2.24, 2.45) is 0 Å². The molecule has 0 rings (SSSR count). The lowest BCUT2D eigenvalue weighted by Crippen LogP contribution is -1.97. The van der Waals surface area contributed by atoms with Gasteiger partial charge in [0.15, 0.2) is 0 Å². The van der Waals surface area contributed by atoms with Crippen LogP contribution in [-0.2, 0) is 0 Å². The van der Waals surface area contributed by atoms with Crippen LogP contribution in [-0.4, -0.2) is 9.25 Å². The number of hydrogen-bond donors (Lipinski definition) is 0. The van der Waals surface area contributed by atoms with Gasteiger partial charge >= 0.3 is 0 Å². The number of rotatable bonds is 11. The summed E-state index contributed by atoms with van der Waals surface area (Å²) in [6.45, 7) is 2.28. The second-order valence-electron chi connectivity index (χ2n) is 4.34. The Kier molecular flexibility index (Phi) is 14.3. The van der Waals surface area contributed by atoms with Crippen LogP contribution in [0.1, 0.15) is 71.1 Å². The summed E-state index contributed by atoms with van der Waals surface area (Å²) in [7, 11) is 0. The number of halogens is 2. The predicted octanol–water partition coefficient (Wildman–Crippen LogP) is 6.11. The van der Waals surface area contributed by atoms with E-state index in [0.29, 0.717) is 0 Å². The van der Waals surface area contributed by atoms with Crippen LogP contribution in [0.15, 0.2) is 0 Å². The molecule has 0 bridgehead atoms. The molecule has 15 heavy (non-hydrogen) atoms.